The van der Waals surface area contributed by atoms with Gasteiger partial charge < -0.3 is 11.1 Å². The van der Waals surface area contributed by atoms with Crippen molar-refractivity contribution in [3.63, 3.8) is 0 Å². The number of nitriles is 1. The number of amides is 1. The van der Waals surface area contributed by atoms with E-state index in [1.807, 2.05) is 31.2 Å². The molecule has 7 nitrogen and oxygen atoms in total. The second kappa shape index (κ2) is 8.36. The van der Waals surface area contributed by atoms with Crippen molar-refractivity contribution >= 4 is 5.91 Å². The van der Waals surface area contributed by atoms with Gasteiger partial charge in [-0.05, 0) is 31.4 Å². The minimum atomic E-state index is -0.840. The Labute approximate surface area is 164 Å². The van der Waals surface area contributed by atoms with Crippen LogP contribution in [0.4, 0.5) is 0 Å². The molecule has 1 aliphatic rings. The maximum Gasteiger partial charge on any atom is 0.266 e. The zero-order valence-corrected chi connectivity index (χ0v) is 16.0. The topological polar surface area (TPSA) is 114 Å². The van der Waals surface area contributed by atoms with Crippen molar-refractivity contribution in [2.45, 2.75) is 57.2 Å². The Kier molecular flexibility index (Phi) is 5.90. The molecule has 3 N–H and O–H groups in total. The van der Waals surface area contributed by atoms with Crippen molar-refractivity contribution in [1.82, 2.24) is 15.1 Å². The molecule has 1 heterocycles. The third kappa shape index (κ3) is 4.29. The molecule has 7 heteroatoms. The Bertz CT molecular complexity index is 937. The summed E-state index contributed by atoms with van der Waals surface area (Å²) in [7, 11) is 0. The molecule has 146 valence electrons. The number of nitrogens with two attached hydrogens (primary N) is 1. The van der Waals surface area contributed by atoms with Gasteiger partial charge in [0.25, 0.3) is 5.56 Å². The lowest BCUT2D eigenvalue weighted by Crippen LogP contribution is -2.54. The Morgan fingerprint density at radius 1 is 1.29 bits per heavy atom. The van der Waals surface area contributed by atoms with E-state index in [-0.39, 0.29) is 11.5 Å². The second-order valence-corrected chi connectivity index (χ2v) is 7.29. The third-order valence-corrected chi connectivity index (χ3v) is 5.26. The van der Waals surface area contributed by atoms with Crippen molar-refractivity contribution < 1.29 is 4.79 Å². The Morgan fingerprint density at radius 2 is 1.96 bits per heavy atom. The number of rotatable bonds is 6. The minimum absolute atomic E-state index is 0.129. The summed E-state index contributed by atoms with van der Waals surface area (Å²) < 4.78 is 1.41. The van der Waals surface area contributed by atoms with Gasteiger partial charge in [0.1, 0.15) is 6.04 Å². The maximum atomic E-state index is 12.4. The molecule has 1 fully saturated rings. The van der Waals surface area contributed by atoms with Crippen molar-refractivity contribution in [3.8, 4) is 17.3 Å². The van der Waals surface area contributed by atoms with Crippen molar-refractivity contribution in [2.75, 3.05) is 0 Å². The van der Waals surface area contributed by atoms with Crippen LogP contribution in [0.2, 0.25) is 0 Å². The summed E-state index contributed by atoms with van der Waals surface area (Å²) >= 11 is 0. The number of hydrogen-bond acceptors (Lipinski definition) is 5. The fourth-order valence-electron chi connectivity index (χ4n) is 3.54. The number of nitrogens with zero attached hydrogens (tertiary/aromatic N) is 3. The molecule has 1 unspecified atom stereocenters. The van der Waals surface area contributed by atoms with Gasteiger partial charge in [-0.15, -0.1) is 0 Å². The number of aryl methyl sites for hydroxylation is 1. The van der Waals surface area contributed by atoms with Gasteiger partial charge in [0.2, 0.25) is 5.91 Å². The van der Waals surface area contributed by atoms with E-state index < -0.39 is 11.6 Å². The van der Waals surface area contributed by atoms with Gasteiger partial charge in [-0.1, -0.05) is 37.1 Å². The first-order valence-corrected chi connectivity index (χ1v) is 9.62. The van der Waals surface area contributed by atoms with Crippen LogP contribution < -0.4 is 16.6 Å². The van der Waals surface area contributed by atoms with Gasteiger partial charge in [-0.25, -0.2) is 4.68 Å². The summed E-state index contributed by atoms with van der Waals surface area (Å²) in [5.74, 6) is -0.237. The highest BCUT2D eigenvalue weighted by Crippen LogP contribution is 2.27. The number of hydrogen-bond donors (Lipinski definition) is 2. The number of aromatic nitrogens is 2. The van der Waals surface area contributed by atoms with Gasteiger partial charge in [0.15, 0.2) is 0 Å². The third-order valence-electron chi connectivity index (χ3n) is 5.26. The first kappa shape index (κ1) is 19.8. The summed E-state index contributed by atoms with van der Waals surface area (Å²) in [6, 6.07) is 12.3. The maximum absolute atomic E-state index is 12.4. The van der Waals surface area contributed by atoms with E-state index in [2.05, 4.69) is 16.5 Å². The summed E-state index contributed by atoms with van der Waals surface area (Å²) in [5.41, 5.74) is 7.72. The van der Waals surface area contributed by atoms with Crippen LogP contribution in [0.25, 0.3) is 11.3 Å². The Morgan fingerprint density at radius 3 is 2.57 bits per heavy atom. The highest BCUT2D eigenvalue weighted by atomic mass is 16.2. The first-order chi connectivity index (χ1) is 13.4. The van der Waals surface area contributed by atoms with Gasteiger partial charge in [0, 0.05) is 24.6 Å². The zero-order valence-electron chi connectivity index (χ0n) is 16.0. The van der Waals surface area contributed by atoms with Gasteiger partial charge >= 0.3 is 0 Å². The molecule has 3 rings (SSSR count). The Balaban J connectivity index is 1.68. The summed E-state index contributed by atoms with van der Waals surface area (Å²) in [6.07, 6.45) is 3.63. The molecule has 1 aromatic heterocycles. The predicted octanol–water partition coefficient (Wildman–Crippen LogP) is 1.75. The van der Waals surface area contributed by atoms with Crippen LogP contribution >= 0.6 is 0 Å². The van der Waals surface area contributed by atoms with Crippen molar-refractivity contribution in [2.24, 2.45) is 5.73 Å². The molecule has 1 atom stereocenters. The molecule has 0 spiro atoms. The molecule has 1 aromatic carbocycles. The molecule has 0 radical (unpaired) electrons. The lowest BCUT2D eigenvalue weighted by molar-refractivity contribution is -0.126. The zero-order chi connectivity index (χ0) is 20.1. The molecule has 1 aliphatic carbocycles. The lowest BCUT2D eigenvalue weighted by Gasteiger charge is -2.24. The van der Waals surface area contributed by atoms with E-state index >= 15 is 0 Å². The summed E-state index contributed by atoms with van der Waals surface area (Å²) in [6.45, 7) is 2.38. The van der Waals surface area contributed by atoms with Crippen LogP contribution in [0.3, 0.4) is 0 Å². The fourth-order valence-corrected chi connectivity index (χ4v) is 3.54. The van der Waals surface area contributed by atoms with Crippen molar-refractivity contribution in [1.29, 1.82) is 5.26 Å². The quantitative estimate of drug-likeness (QED) is 0.794. The number of carbonyl (C=O) groups excluding carboxylic acids is 1. The van der Waals surface area contributed by atoms with Gasteiger partial charge in [-0.2, -0.15) is 10.4 Å². The molecular weight excluding hydrogens is 354 g/mol. The van der Waals surface area contributed by atoms with E-state index in [0.717, 1.165) is 24.0 Å². The standard InChI is InChI=1S/C21H25N5O2/c1-2-26-19(27)10-9-18(25-26)16-7-5-15(6-8-16)13-17(14-22)24-20(28)21(23)11-3-4-12-21/h5-10,17H,2-4,11-13,23H2,1H3,(H,24,28). The van der Waals surface area contributed by atoms with E-state index in [1.54, 1.807) is 6.07 Å². The van der Waals surface area contributed by atoms with E-state index in [1.165, 1.54) is 10.7 Å². The molecule has 0 saturated heterocycles. The molecule has 1 amide bonds. The summed E-state index contributed by atoms with van der Waals surface area (Å²) in [5, 5.41) is 16.6. The van der Waals surface area contributed by atoms with E-state index in [0.29, 0.717) is 31.5 Å². The van der Waals surface area contributed by atoms with Crippen LogP contribution in [0.15, 0.2) is 41.2 Å². The Hall–Kier alpha value is -2.98. The predicted molar refractivity (Wildman–Crippen MR) is 106 cm³/mol. The molecule has 0 aliphatic heterocycles. The van der Waals surface area contributed by atoms with Crippen LogP contribution in [0, 0.1) is 11.3 Å². The average molecular weight is 379 g/mol. The first-order valence-electron chi connectivity index (χ1n) is 9.62. The molecule has 1 saturated carbocycles. The highest BCUT2D eigenvalue weighted by Gasteiger charge is 2.37. The summed E-state index contributed by atoms with van der Waals surface area (Å²) in [4.78, 5) is 24.1. The molecule has 2 aromatic rings. The number of nitrogens with one attached hydrogen (secondary N) is 1. The molecule has 0 bridgehead atoms. The monoisotopic (exact) mass is 379 g/mol. The van der Waals surface area contributed by atoms with E-state index in [4.69, 9.17) is 5.73 Å². The van der Waals surface area contributed by atoms with E-state index in [9.17, 15) is 14.9 Å². The van der Waals surface area contributed by atoms with Crippen LogP contribution in [0.1, 0.15) is 38.2 Å². The van der Waals surface area contributed by atoms with Crippen molar-refractivity contribution in [3.05, 3.63) is 52.3 Å². The lowest BCUT2D eigenvalue weighted by atomic mass is 9.96. The van der Waals surface area contributed by atoms with Gasteiger partial charge in [0.05, 0.1) is 17.3 Å². The SMILES string of the molecule is CCn1nc(-c2ccc(CC(C#N)NC(=O)C3(N)CCCC3)cc2)ccc1=O. The normalized spacial score (nSPS) is 16.3. The second-order valence-electron chi connectivity index (χ2n) is 7.29. The molecular formula is C21H25N5O2. The number of benzene rings is 1. The van der Waals surface area contributed by atoms with Crippen LogP contribution in [0.5, 0.6) is 0 Å². The minimum Gasteiger partial charge on any atom is -0.338 e. The smallest absolute Gasteiger partial charge is 0.266 e. The fraction of sp³-hybridized carbons (Fsp3) is 0.429. The largest absolute Gasteiger partial charge is 0.338 e. The van der Waals surface area contributed by atoms with Gasteiger partial charge in [-0.3, -0.25) is 9.59 Å². The highest BCUT2D eigenvalue weighted by molar-refractivity contribution is 5.86. The number of carbonyl (C=O) groups is 1. The van der Waals surface area contributed by atoms with Crippen LogP contribution in [-0.2, 0) is 17.8 Å². The molecule has 28 heavy (non-hydrogen) atoms. The average Bonchev–Trinajstić information content (AvgIpc) is 3.16. The van der Waals surface area contributed by atoms with Crippen LogP contribution in [-0.4, -0.2) is 27.3 Å².